The zero-order chi connectivity index (χ0) is 12.7. The molecule has 8 nitrogen and oxygen atoms in total. The first-order valence-electron chi connectivity index (χ1n) is 5.16. The van der Waals surface area contributed by atoms with Gasteiger partial charge in [0.1, 0.15) is 6.54 Å². The maximum atomic E-state index is 11.3. The predicted octanol–water partition coefficient (Wildman–Crippen LogP) is -0.730. The molecule has 0 fully saturated rings. The van der Waals surface area contributed by atoms with Crippen LogP contribution in [0.4, 0.5) is 4.79 Å². The van der Waals surface area contributed by atoms with E-state index in [1.54, 1.807) is 20.2 Å². The number of carbonyl (C=O) groups is 2. The van der Waals surface area contributed by atoms with E-state index in [1.807, 2.05) is 0 Å². The van der Waals surface area contributed by atoms with Crippen molar-refractivity contribution in [2.45, 2.75) is 20.0 Å². The molecule has 17 heavy (non-hydrogen) atoms. The lowest BCUT2D eigenvalue weighted by molar-refractivity contribution is -0.121. The van der Waals surface area contributed by atoms with Gasteiger partial charge in [0.05, 0.1) is 18.5 Å². The summed E-state index contributed by atoms with van der Waals surface area (Å²) in [5.41, 5.74) is 0.719. The highest BCUT2D eigenvalue weighted by atomic mass is 16.5. The molecular weight excluding hydrogens is 226 g/mol. The van der Waals surface area contributed by atoms with Gasteiger partial charge in [-0.25, -0.2) is 9.48 Å². The number of nitrogens with zero attached hydrogens (tertiary/aromatic N) is 3. The van der Waals surface area contributed by atoms with Gasteiger partial charge in [0.15, 0.2) is 0 Å². The normalized spacial score (nSPS) is 10.0. The predicted molar refractivity (Wildman–Crippen MR) is 58.0 cm³/mol. The summed E-state index contributed by atoms with van der Waals surface area (Å²) < 4.78 is 5.92. The van der Waals surface area contributed by atoms with Gasteiger partial charge in [-0.3, -0.25) is 10.1 Å². The third kappa shape index (κ3) is 4.60. The molecule has 2 N–H and O–H groups in total. The number of alkyl carbamates (subject to hydrolysis) is 1. The van der Waals surface area contributed by atoms with Crippen molar-refractivity contribution in [2.75, 3.05) is 13.7 Å². The fourth-order valence-corrected chi connectivity index (χ4v) is 1.15. The largest absolute Gasteiger partial charge is 0.450 e. The second-order valence-corrected chi connectivity index (χ2v) is 3.21. The highest BCUT2D eigenvalue weighted by molar-refractivity contribution is 5.91. The van der Waals surface area contributed by atoms with Crippen LogP contribution in [0.3, 0.4) is 0 Å². The maximum Gasteiger partial charge on any atom is 0.413 e. The fraction of sp³-hybridized carbons (Fsp3) is 0.556. The average Bonchev–Trinajstić information content (AvgIpc) is 2.66. The first-order valence-corrected chi connectivity index (χ1v) is 5.16. The molecular formula is C9H15N5O3. The van der Waals surface area contributed by atoms with Crippen molar-refractivity contribution >= 4 is 12.0 Å². The van der Waals surface area contributed by atoms with Gasteiger partial charge in [-0.15, -0.1) is 5.10 Å². The summed E-state index contributed by atoms with van der Waals surface area (Å²) in [5, 5.41) is 12.5. The van der Waals surface area contributed by atoms with E-state index < -0.39 is 12.0 Å². The molecule has 0 aliphatic rings. The minimum Gasteiger partial charge on any atom is -0.450 e. The van der Waals surface area contributed by atoms with Crippen molar-refractivity contribution in [1.29, 1.82) is 0 Å². The van der Waals surface area contributed by atoms with Gasteiger partial charge in [-0.2, -0.15) is 0 Å². The number of ether oxygens (including phenoxy) is 1. The lowest BCUT2D eigenvalue weighted by Gasteiger charge is -2.03. The molecule has 1 aromatic rings. The lowest BCUT2D eigenvalue weighted by Crippen LogP contribution is -2.33. The quantitative estimate of drug-likeness (QED) is 0.705. The SMILES string of the molecule is CCOC(=O)NC(=O)Cn1cc(CNC)nn1. The Kier molecular flexibility index (Phi) is 5.08. The number of rotatable bonds is 5. The van der Waals surface area contributed by atoms with Crippen LogP contribution in [0.2, 0.25) is 0 Å². The molecule has 2 amide bonds. The molecule has 0 aromatic carbocycles. The molecule has 0 aliphatic heterocycles. The molecule has 0 aliphatic carbocycles. The number of imide groups is 1. The summed E-state index contributed by atoms with van der Waals surface area (Å²) in [5.74, 6) is -0.496. The number of hydrogen-bond acceptors (Lipinski definition) is 6. The summed E-state index contributed by atoms with van der Waals surface area (Å²) in [6, 6.07) is 0. The highest BCUT2D eigenvalue weighted by Gasteiger charge is 2.09. The smallest absolute Gasteiger partial charge is 0.413 e. The first kappa shape index (κ1) is 13.1. The Morgan fingerprint density at radius 2 is 2.29 bits per heavy atom. The van der Waals surface area contributed by atoms with Crippen molar-refractivity contribution in [1.82, 2.24) is 25.6 Å². The van der Waals surface area contributed by atoms with Gasteiger partial charge in [0.2, 0.25) is 0 Å². The van der Waals surface area contributed by atoms with E-state index in [-0.39, 0.29) is 13.2 Å². The second-order valence-electron chi connectivity index (χ2n) is 3.21. The van der Waals surface area contributed by atoms with Crippen LogP contribution in [-0.2, 0) is 22.6 Å². The Bertz CT molecular complexity index is 390. The van der Waals surface area contributed by atoms with E-state index in [0.29, 0.717) is 6.54 Å². The van der Waals surface area contributed by atoms with Crippen molar-refractivity contribution in [3.05, 3.63) is 11.9 Å². The molecule has 0 unspecified atom stereocenters. The Morgan fingerprint density at radius 3 is 2.94 bits per heavy atom. The van der Waals surface area contributed by atoms with Crippen LogP contribution >= 0.6 is 0 Å². The van der Waals surface area contributed by atoms with Crippen molar-refractivity contribution in [3.63, 3.8) is 0 Å². The van der Waals surface area contributed by atoms with E-state index in [1.165, 1.54) is 4.68 Å². The van der Waals surface area contributed by atoms with Crippen LogP contribution in [-0.4, -0.2) is 40.6 Å². The van der Waals surface area contributed by atoms with Crippen molar-refractivity contribution < 1.29 is 14.3 Å². The molecule has 0 bridgehead atoms. The number of aromatic nitrogens is 3. The van der Waals surface area contributed by atoms with Gasteiger partial charge >= 0.3 is 6.09 Å². The number of carbonyl (C=O) groups excluding carboxylic acids is 2. The Balaban J connectivity index is 2.41. The minimum atomic E-state index is -0.756. The van der Waals surface area contributed by atoms with Gasteiger partial charge in [-0.05, 0) is 14.0 Å². The van der Waals surface area contributed by atoms with Crippen LogP contribution in [0.15, 0.2) is 6.20 Å². The van der Waals surface area contributed by atoms with Crippen LogP contribution < -0.4 is 10.6 Å². The second kappa shape index (κ2) is 6.59. The van der Waals surface area contributed by atoms with Gasteiger partial charge in [0, 0.05) is 6.54 Å². The fourth-order valence-electron chi connectivity index (χ4n) is 1.15. The van der Waals surface area contributed by atoms with Crippen molar-refractivity contribution in [2.24, 2.45) is 0 Å². The number of hydrogen-bond donors (Lipinski definition) is 2. The monoisotopic (exact) mass is 241 g/mol. The third-order valence-electron chi connectivity index (χ3n) is 1.77. The maximum absolute atomic E-state index is 11.3. The Labute approximate surface area is 98.3 Å². The molecule has 94 valence electrons. The Morgan fingerprint density at radius 1 is 1.53 bits per heavy atom. The van der Waals surface area contributed by atoms with Gasteiger partial charge in [-0.1, -0.05) is 5.21 Å². The summed E-state index contributed by atoms with van der Waals surface area (Å²) in [4.78, 5) is 22.3. The summed E-state index contributed by atoms with van der Waals surface area (Å²) in [6.45, 7) is 2.37. The summed E-state index contributed by atoms with van der Waals surface area (Å²) in [6.07, 6.45) is 0.870. The van der Waals surface area contributed by atoms with E-state index in [0.717, 1.165) is 5.69 Å². The third-order valence-corrected chi connectivity index (χ3v) is 1.77. The Hall–Kier alpha value is -1.96. The molecule has 0 saturated heterocycles. The molecule has 1 aromatic heterocycles. The van der Waals surface area contributed by atoms with E-state index in [4.69, 9.17) is 0 Å². The topological polar surface area (TPSA) is 98.1 Å². The zero-order valence-electron chi connectivity index (χ0n) is 9.77. The van der Waals surface area contributed by atoms with E-state index >= 15 is 0 Å². The van der Waals surface area contributed by atoms with Crippen LogP contribution in [0, 0.1) is 0 Å². The average molecular weight is 241 g/mol. The first-order chi connectivity index (χ1) is 8.15. The molecule has 1 heterocycles. The molecule has 0 atom stereocenters. The molecule has 1 rings (SSSR count). The summed E-state index contributed by atoms with van der Waals surface area (Å²) in [7, 11) is 1.78. The van der Waals surface area contributed by atoms with Gasteiger partial charge in [0.25, 0.3) is 5.91 Å². The molecule has 0 saturated carbocycles. The number of nitrogens with one attached hydrogen (secondary N) is 2. The molecule has 8 heteroatoms. The van der Waals surface area contributed by atoms with Crippen LogP contribution in [0.25, 0.3) is 0 Å². The minimum absolute atomic E-state index is 0.0739. The summed E-state index contributed by atoms with van der Waals surface area (Å²) >= 11 is 0. The van der Waals surface area contributed by atoms with E-state index in [9.17, 15) is 9.59 Å². The molecule has 0 radical (unpaired) electrons. The molecule has 0 spiro atoms. The van der Waals surface area contributed by atoms with Crippen molar-refractivity contribution in [3.8, 4) is 0 Å². The highest BCUT2D eigenvalue weighted by Crippen LogP contribution is 1.92. The van der Waals surface area contributed by atoms with Crippen LogP contribution in [0.1, 0.15) is 12.6 Å². The lowest BCUT2D eigenvalue weighted by atomic mass is 10.5. The number of amides is 2. The van der Waals surface area contributed by atoms with Crippen LogP contribution in [0.5, 0.6) is 0 Å². The standard InChI is InChI=1S/C9H15N5O3/c1-3-17-9(16)11-8(15)6-14-5-7(4-10-2)12-13-14/h5,10H,3-4,6H2,1-2H3,(H,11,15,16). The van der Waals surface area contributed by atoms with Gasteiger partial charge < -0.3 is 10.1 Å². The van der Waals surface area contributed by atoms with E-state index in [2.05, 4.69) is 25.7 Å². The zero-order valence-corrected chi connectivity index (χ0v) is 9.77.